The zero-order chi connectivity index (χ0) is 17.2. The average Bonchev–Trinajstić information content (AvgIpc) is 2.45. The fourth-order valence-electron chi connectivity index (χ4n) is 2.51. The van der Waals surface area contributed by atoms with Gasteiger partial charge in [-0.2, -0.15) is 13.2 Å². The second-order valence-corrected chi connectivity index (χ2v) is 5.84. The summed E-state index contributed by atoms with van der Waals surface area (Å²) in [6.45, 7) is 4.09. The molecule has 0 aromatic heterocycles. The van der Waals surface area contributed by atoms with Gasteiger partial charge < -0.3 is 10.1 Å². The Balaban J connectivity index is 2.42. The van der Waals surface area contributed by atoms with Crippen LogP contribution in [0.15, 0.2) is 24.3 Å². The molecule has 1 aliphatic heterocycles. The molecule has 0 saturated carbocycles. The molecular weight excluding hydrogens is 309 g/mol. The Morgan fingerprint density at radius 1 is 1.39 bits per heavy atom. The second kappa shape index (κ2) is 6.52. The Bertz CT molecular complexity index is 624. The summed E-state index contributed by atoms with van der Waals surface area (Å²) < 4.78 is 43.3. The van der Waals surface area contributed by atoms with Gasteiger partial charge in [-0.25, -0.2) is 4.79 Å². The zero-order valence-corrected chi connectivity index (χ0v) is 13.1. The van der Waals surface area contributed by atoms with E-state index in [9.17, 15) is 18.0 Å². The van der Waals surface area contributed by atoms with Crippen LogP contribution >= 0.6 is 0 Å². The van der Waals surface area contributed by atoms with Gasteiger partial charge in [0.15, 0.2) is 0 Å². The molecule has 2 N–H and O–H groups in total. The fraction of sp³-hybridized carbons (Fsp3) is 0.438. The van der Waals surface area contributed by atoms with E-state index >= 15 is 0 Å². The van der Waals surface area contributed by atoms with E-state index in [4.69, 9.17) is 0 Å². The Kier molecular flexibility index (Phi) is 4.87. The molecular formula is C16H19F3N2O2. The maximum absolute atomic E-state index is 12.9. The number of anilines is 1. The molecule has 4 nitrogen and oxygen atoms in total. The van der Waals surface area contributed by atoms with Crippen LogP contribution in [0.25, 0.3) is 5.70 Å². The minimum absolute atomic E-state index is 0.0774. The number of carbonyl (C=O) groups excluding carboxylic acids is 1. The lowest BCUT2D eigenvalue weighted by Crippen LogP contribution is -2.30. The summed E-state index contributed by atoms with van der Waals surface area (Å²) in [7, 11) is 1.20. The van der Waals surface area contributed by atoms with Gasteiger partial charge in [-0.05, 0) is 36.6 Å². The van der Waals surface area contributed by atoms with Gasteiger partial charge in [0, 0.05) is 17.3 Å². The van der Waals surface area contributed by atoms with Gasteiger partial charge in [-0.15, -0.1) is 0 Å². The van der Waals surface area contributed by atoms with E-state index in [1.807, 2.05) is 13.8 Å². The zero-order valence-electron chi connectivity index (χ0n) is 13.1. The number of alkyl carbamates (subject to hydrolysis) is 1. The number of rotatable bonds is 3. The number of ether oxygens (including phenoxy) is 1. The summed E-state index contributed by atoms with van der Waals surface area (Å²) in [4.78, 5) is 11.5. The number of amides is 1. The highest BCUT2D eigenvalue weighted by Crippen LogP contribution is 2.36. The van der Waals surface area contributed by atoms with E-state index in [2.05, 4.69) is 15.4 Å². The molecule has 0 radical (unpaired) electrons. The number of hydrogen-bond donors (Lipinski definition) is 2. The highest BCUT2D eigenvalue weighted by molar-refractivity contribution is 5.88. The van der Waals surface area contributed by atoms with Crippen LogP contribution in [-0.4, -0.2) is 19.2 Å². The van der Waals surface area contributed by atoms with Gasteiger partial charge in [0.25, 0.3) is 0 Å². The molecule has 23 heavy (non-hydrogen) atoms. The van der Waals surface area contributed by atoms with Crippen molar-refractivity contribution < 1.29 is 22.7 Å². The largest absolute Gasteiger partial charge is 0.453 e. The molecule has 0 fully saturated rings. The molecule has 1 aromatic rings. The summed E-state index contributed by atoms with van der Waals surface area (Å²) >= 11 is 0. The Hall–Kier alpha value is -2.18. The lowest BCUT2D eigenvalue weighted by molar-refractivity contribution is -0.137. The van der Waals surface area contributed by atoms with Gasteiger partial charge in [0.1, 0.15) is 0 Å². The van der Waals surface area contributed by atoms with Crippen molar-refractivity contribution in [2.75, 3.05) is 12.4 Å². The van der Waals surface area contributed by atoms with E-state index in [0.29, 0.717) is 22.9 Å². The molecule has 0 bridgehead atoms. The van der Waals surface area contributed by atoms with Gasteiger partial charge in [0.2, 0.25) is 0 Å². The van der Waals surface area contributed by atoms with Crippen LogP contribution in [0.5, 0.6) is 0 Å². The summed E-state index contributed by atoms with van der Waals surface area (Å²) in [6, 6.07) is 3.36. The minimum atomic E-state index is -4.44. The summed E-state index contributed by atoms with van der Waals surface area (Å²) in [5.41, 5.74) is 0.406. The fourth-order valence-corrected chi connectivity index (χ4v) is 2.51. The van der Waals surface area contributed by atoms with Crippen molar-refractivity contribution in [1.29, 1.82) is 0 Å². The third kappa shape index (κ3) is 4.18. The van der Waals surface area contributed by atoms with Crippen LogP contribution in [0.2, 0.25) is 0 Å². The molecule has 126 valence electrons. The van der Waals surface area contributed by atoms with Crippen molar-refractivity contribution in [2.45, 2.75) is 32.5 Å². The predicted octanol–water partition coefficient (Wildman–Crippen LogP) is 4.24. The molecule has 1 atom stereocenters. The third-order valence-electron chi connectivity index (χ3n) is 3.49. The first-order valence-electron chi connectivity index (χ1n) is 7.25. The first-order chi connectivity index (χ1) is 10.7. The molecule has 1 amide bonds. The van der Waals surface area contributed by atoms with Crippen LogP contribution in [0.4, 0.5) is 23.7 Å². The Morgan fingerprint density at radius 2 is 2.09 bits per heavy atom. The third-order valence-corrected chi connectivity index (χ3v) is 3.49. The van der Waals surface area contributed by atoms with Gasteiger partial charge >= 0.3 is 12.3 Å². The SMILES string of the molecule is COC(=O)NC1=C[C@@H](CC(C)C)Nc2ccc(C(F)(F)F)cc21. The van der Waals surface area contributed by atoms with Crippen molar-refractivity contribution >= 4 is 17.5 Å². The number of nitrogens with one attached hydrogen (secondary N) is 2. The second-order valence-electron chi connectivity index (χ2n) is 5.84. The van der Waals surface area contributed by atoms with Crippen molar-refractivity contribution in [2.24, 2.45) is 5.92 Å². The van der Waals surface area contributed by atoms with Crippen molar-refractivity contribution in [3.05, 3.63) is 35.4 Å². The van der Waals surface area contributed by atoms with Gasteiger partial charge in [-0.1, -0.05) is 13.8 Å². The highest BCUT2D eigenvalue weighted by Gasteiger charge is 2.32. The van der Waals surface area contributed by atoms with Crippen LogP contribution in [0, 0.1) is 5.92 Å². The topological polar surface area (TPSA) is 50.4 Å². The van der Waals surface area contributed by atoms with Gasteiger partial charge in [0.05, 0.1) is 18.4 Å². The van der Waals surface area contributed by atoms with E-state index in [0.717, 1.165) is 18.6 Å². The molecule has 0 unspecified atom stereocenters. The monoisotopic (exact) mass is 328 g/mol. The number of benzene rings is 1. The number of halogens is 3. The van der Waals surface area contributed by atoms with Crippen LogP contribution in [0.1, 0.15) is 31.4 Å². The summed E-state index contributed by atoms with van der Waals surface area (Å²) in [5, 5.41) is 5.69. The molecule has 1 heterocycles. The van der Waals surface area contributed by atoms with E-state index < -0.39 is 17.8 Å². The smallest absolute Gasteiger partial charge is 0.416 e. The standard InChI is InChI=1S/C16H19F3N2O2/c1-9(2)6-11-8-14(21-15(22)23-3)12-7-10(16(17,18)19)4-5-13(12)20-11/h4-5,7-9,11,20H,6H2,1-3H3,(H,21,22)/t11-/m1/s1. The highest BCUT2D eigenvalue weighted by atomic mass is 19.4. The Labute approximate surface area is 132 Å². The number of alkyl halides is 3. The Morgan fingerprint density at radius 3 is 2.65 bits per heavy atom. The maximum Gasteiger partial charge on any atom is 0.416 e. The van der Waals surface area contributed by atoms with E-state index in [1.165, 1.54) is 13.2 Å². The number of methoxy groups -OCH3 is 1. The number of fused-ring (bicyclic) bond motifs is 1. The first-order valence-corrected chi connectivity index (χ1v) is 7.25. The summed E-state index contributed by atoms with van der Waals surface area (Å²) in [5.74, 6) is 0.388. The summed E-state index contributed by atoms with van der Waals surface area (Å²) in [6.07, 6.45) is -2.66. The molecule has 1 aromatic carbocycles. The quantitative estimate of drug-likeness (QED) is 0.872. The van der Waals surface area contributed by atoms with E-state index in [-0.39, 0.29) is 6.04 Å². The van der Waals surface area contributed by atoms with Crippen LogP contribution in [0.3, 0.4) is 0 Å². The molecule has 7 heteroatoms. The predicted molar refractivity (Wildman–Crippen MR) is 81.8 cm³/mol. The number of hydrogen-bond acceptors (Lipinski definition) is 3. The van der Waals surface area contributed by atoms with Crippen molar-refractivity contribution in [3.63, 3.8) is 0 Å². The molecule has 0 saturated heterocycles. The van der Waals surface area contributed by atoms with Crippen molar-refractivity contribution in [3.8, 4) is 0 Å². The molecule has 0 aliphatic carbocycles. The van der Waals surface area contributed by atoms with E-state index in [1.54, 1.807) is 6.08 Å². The van der Waals surface area contributed by atoms with Crippen molar-refractivity contribution in [1.82, 2.24) is 5.32 Å². The minimum Gasteiger partial charge on any atom is -0.453 e. The molecule has 1 aliphatic rings. The van der Waals surface area contributed by atoms with Crippen LogP contribution < -0.4 is 10.6 Å². The molecule has 2 rings (SSSR count). The lowest BCUT2D eigenvalue weighted by atomic mass is 9.95. The normalized spacial score (nSPS) is 17.2. The lowest BCUT2D eigenvalue weighted by Gasteiger charge is -2.28. The molecule has 0 spiro atoms. The van der Waals surface area contributed by atoms with Gasteiger partial charge in [-0.3, -0.25) is 5.32 Å². The average molecular weight is 328 g/mol. The number of carbonyl (C=O) groups is 1. The first kappa shape index (κ1) is 17.2. The maximum atomic E-state index is 12.9. The van der Waals surface area contributed by atoms with Crippen LogP contribution in [-0.2, 0) is 10.9 Å².